The van der Waals surface area contributed by atoms with Gasteiger partial charge in [-0.1, -0.05) is 13.3 Å². The summed E-state index contributed by atoms with van der Waals surface area (Å²) >= 11 is 0. The zero-order chi connectivity index (χ0) is 9.68. The summed E-state index contributed by atoms with van der Waals surface area (Å²) in [5.41, 5.74) is 0.513. The van der Waals surface area contributed by atoms with Crippen LogP contribution in [-0.4, -0.2) is 23.2 Å². The third kappa shape index (κ3) is 2.31. The van der Waals surface area contributed by atoms with E-state index in [0.29, 0.717) is 11.4 Å². The molecule has 1 rings (SSSR count). The van der Waals surface area contributed by atoms with Gasteiger partial charge in [-0.25, -0.2) is 0 Å². The summed E-state index contributed by atoms with van der Waals surface area (Å²) in [6.45, 7) is 2.95. The summed E-state index contributed by atoms with van der Waals surface area (Å²) in [5.74, 6) is 0.408. The third-order valence-electron chi connectivity index (χ3n) is 1.82. The van der Waals surface area contributed by atoms with Gasteiger partial charge < -0.3 is 4.74 Å². The van der Waals surface area contributed by atoms with Crippen LogP contribution in [0.15, 0.2) is 6.20 Å². The van der Waals surface area contributed by atoms with Gasteiger partial charge in [0.25, 0.3) is 0 Å². The first-order chi connectivity index (χ1) is 6.31. The van der Waals surface area contributed by atoms with Crippen molar-refractivity contribution in [2.24, 2.45) is 0 Å². The largest absolute Gasteiger partial charge is 0.479 e. The van der Waals surface area contributed by atoms with Crippen LogP contribution in [0.4, 0.5) is 0 Å². The van der Waals surface area contributed by atoms with Crippen LogP contribution in [0.2, 0.25) is 0 Å². The molecule has 0 aliphatic carbocycles. The molecule has 1 aromatic heterocycles. The molecule has 1 heterocycles. The van der Waals surface area contributed by atoms with Crippen LogP contribution in [0.3, 0.4) is 0 Å². The van der Waals surface area contributed by atoms with Crippen molar-refractivity contribution in [3.05, 3.63) is 11.8 Å². The topological polar surface area (TPSA) is 44.1 Å². The maximum atomic E-state index is 10.5. The Balaban J connectivity index is 2.74. The standard InChI is InChI=1S/C9H14N2O2/c1-3-4-5-11-6-8(7-12)9(10-11)13-2/h6-7H,3-5H2,1-2H3. The van der Waals surface area contributed by atoms with E-state index in [9.17, 15) is 4.79 Å². The van der Waals surface area contributed by atoms with Crippen LogP contribution >= 0.6 is 0 Å². The number of aldehydes is 1. The highest BCUT2D eigenvalue weighted by molar-refractivity contribution is 5.77. The minimum Gasteiger partial charge on any atom is -0.479 e. The van der Waals surface area contributed by atoms with Gasteiger partial charge in [0.05, 0.1) is 12.7 Å². The molecule has 4 nitrogen and oxygen atoms in total. The number of nitrogens with zero attached hydrogens (tertiary/aromatic N) is 2. The van der Waals surface area contributed by atoms with Gasteiger partial charge in [-0.15, -0.1) is 5.10 Å². The molecule has 0 N–H and O–H groups in total. The van der Waals surface area contributed by atoms with E-state index >= 15 is 0 Å². The second kappa shape index (κ2) is 4.64. The lowest BCUT2D eigenvalue weighted by molar-refractivity contribution is 0.112. The van der Waals surface area contributed by atoms with Gasteiger partial charge in [-0.3, -0.25) is 9.48 Å². The molecule has 0 aliphatic heterocycles. The van der Waals surface area contributed by atoms with E-state index in [1.165, 1.54) is 7.11 Å². The molecule has 72 valence electrons. The van der Waals surface area contributed by atoms with Gasteiger partial charge >= 0.3 is 0 Å². The molecule has 0 radical (unpaired) electrons. The first kappa shape index (κ1) is 9.77. The molecular weight excluding hydrogens is 168 g/mol. The van der Waals surface area contributed by atoms with E-state index in [4.69, 9.17) is 4.74 Å². The molecular formula is C9H14N2O2. The summed E-state index contributed by atoms with van der Waals surface area (Å²) < 4.78 is 6.68. The van der Waals surface area contributed by atoms with Crippen molar-refractivity contribution in [2.75, 3.05) is 7.11 Å². The third-order valence-corrected chi connectivity index (χ3v) is 1.82. The van der Waals surface area contributed by atoms with Crippen LogP contribution in [-0.2, 0) is 6.54 Å². The molecule has 13 heavy (non-hydrogen) atoms. The first-order valence-electron chi connectivity index (χ1n) is 4.38. The highest BCUT2D eigenvalue weighted by atomic mass is 16.5. The van der Waals surface area contributed by atoms with Crippen LogP contribution in [0.25, 0.3) is 0 Å². The summed E-state index contributed by atoms with van der Waals surface area (Å²) in [5, 5.41) is 4.10. The Morgan fingerprint density at radius 3 is 2.92 bits per heavy atom. The number of aryl methyl sites for hydroxylation is 1. The molecule has 0 bridgehead atoms. The Labute approximate surface area is 77.5 Å². The number of unbranched alkanes of at least 4 members (excludes halogenated alkanes) is 1. The van der Waals surface area contributed by atoms with Crippen molar-refractivity contribution in [3.8, 4) is 5.88 Å². The maximum Gasteiger partial charge on any atom is 0.243 e. The Hall–Kier alpha value is -1.32. The lowest BCUT2D eigenvalue weighted by atomic mass is 10.3. The molecule has 0 saturated heterocycles. The summed E-state index contributed by atoms with van der Waals surface area (Å²) in [6, 6.07) is 0. The predicted octanol–water partition coefficient (Wildman–Crippen LogP) is 1.50. The number of rotatable bonds is 5. The predicted molar refractivity (Wildman–Crippen MR) is 49.1 cm³/mol. The molecule has 0 fully saturated rings. The first-order valence-corrected chi connectivity index (χ1v) is 4.38. The smallest absolute Gasteiger partial charge is 0.243 e. The van der Waals surface area contributed by atoms with Crippen molar-refractivity contribution >= 4 is 6.29 Å². The summed E-state index contributed by atoms with van der Waals surface area (Å²) in [7, 11) is 1.51. The Bertz CT molecular complexity index is 281. The highest BCUT2D eigenvalue weighted by Gasteiger charge is 2.06. The van der Waals surface area contributed by atoms with Crippen molar-refractivity contribution in [1.29, 1.82) is 0 Å². The van der Waals surface area contributed by atoms with Crippen molar-refractivity contribution in [2.45, 2.75) is 26.3 Å². The molecule has 0 aromatic carbocycles. The van der Waals surface area contributed by atoms with E-state index in [1.54, 1.807) is 10.9 Å². The number of carbonyl (C=O) groups excluding carboxylic acids is 1. The fraction of sp³-hybridized carbons (Fsp3) is 0.556. The van der Waals surface area contributed by atoms with Crippen molar-refractivity contribution in [3.63, 3.8) is 0 Å². The molecule has 0 atom stereocenters. The number of aromatic nitrogens is 2. The second-order valence-electron chi connectivity index (χ2n) is 2.83. The van der Waals surface area contributed by atoms with E-state index < -0.39 is 0 Å². The fourth-order valence-corrected chi connectivity index (χ4v) is 1.09. The Morgan fingerprint density at radius 2 is 2.46 bits per heavy atom. The van der Waals surface area contributed by atoms with Gasteiger partial charge in [-0.05, 0) is 6.42 Å². The quantitative estimate of drug-likeness (QED) is 0.648. The van der Waals surface area contributed by atoms with Gasteiger partial charge in [0.2, 0.25) is 5.88 Å². The average Bonchev–Trinajstić information content (AvgIpc) is 2.57. The number of ether oxygens (including phenoxy) is 1. The van der Waals surface area contributed by atoms with Crippen molar-refractivity contribution in [1.82, 2.24) is 9.78 Å². The van der Waals surface area contributed by atoms with Crippen LogP contribution in [0.5, 0.6) is 5.88 Å². The Morgan fingerprint density at radius 1 is 1.69 bits per heavy atom. The van der Waals surface area contributed by atoms with Crippen molar-refractivity contribution < 1.29 is 9.53 Å². The average molecular weight is 182 g/mol. The second-order valence-corrected chi connectivity index (χ2v) is 2.83. The normalized spacial score (nSPS) is 10.0. The van der Waals surface area contributed by atoms with Gasteiger partial charge in [0.15, 0.2) is 6.29 Å². The SMILES string of the molecule is CCCCn1cc(C=O)c(OC)n1. The molecule has 1 aromatic rings. The Kier molecular flexibility index (Phi) is 3.49. The van der Waals surface area contributed by atoms with Crippen LogP contribution in [0.1, 0.15) is 30.1 Å². The summed E-state index contributed by atoms with van der Waals surface area (Å²) in [6.07, 6.45) is 4.64. The zero-order valence-corrected chi connectivity index (χ0v) is 7.99. The van der Waals surface area contributed by atoms with Crippen LogP contribution in [0, 0.1) is 0 Å². The van der Waals surface area contributed by atoms with E-state index in [-0.39, 0.29) is 0 Å². The number of carbonyl (C=O) groups is 1. The van der Waals surface area contributed by atoms with Crippen LogP contribution < -0.4 is 4.74 Å². The van der Waals surface area contributed by atoms with E-state index in [0.717, 1.165) is 25.7 Å². The molecule has 0 saturated carbocycles. The molecule has 0 amide bonds. The van der Waals surface area contributed by atoms with Gasteiger partial charge in [0.1, 0.15) is 0 Å². The summed E-state index contributed by atoms with van der Waals surface area (Å²) in [4.78, 5) is 10.5. The highest BCUT2D eigenvalue weighted by Crippen LogP contribution is 2.12. The van der Waals surface area contributed by atoms with E-state index in [2.05, 4.69) is 12.0 Å². The fourth-order valence-electron chi connectivity index (χ4n) is 1.09. The van der Waals surface area contributed by atoms with Gasteiger partial charge in [-0.2, -0.15) is 0 Å². The zero-order valence-electron chi connectivity index (χ0n) is 7.99. The minimum absolute atomic E-state index is 0.408. The van der Waals surface area contributed by atoms with E-state index in [1.807, 2.05) is 0 Å². The minimum atomic E-state index is 0.408. The lowest BCUT2D eigenvalue weighted by Crippen LogP contribution is -1.98. The monoisotopic (exact) mass is 182 g/mol. The molecule has 0 aliphatic rings. The molecule has 0 unspecified atom stereocenters. The lowest BCUT2D eigenvalue weighted by Gasteiger charge is -1.97. The maximum absolute atomic E-state index is 10.5. The van der Waals surface area contributed by atoms with Gasteiger partial charge in [0, 0.05) is 12.7 Å². The molecule has 4 heteroatoms. The number of hydrogen-bond acceptors (Lipinski definition) is 3. The molecule has 0 spiro atoms. The number of hydrogen-bond donors (Lipinski definition) is 0. The number of methoxy groups -OCH3 is 1.